The van der Waals surface area contributed by atoms with Crippen LogP contribution in [0.25, 0.3) is 21.8 Å². The summed E-state index contributed by atoms with van der Waals surface area (Å²) in [6.45, 7) is 0. The molecule has 19 heavy (non-hydrogen) atoms. The van der Waals surface area contributed by atoms with E-state index in [-0.39, 0.29) is 16.8 Å². The number of H-pyrrole nitrogens is 1. The Morgan fingerprint density at radius 3 is 2.63 bits per heavy atom. The van der Waals surface area contributed by atoms with Gasteiger partial charge in [0.2, 0.25) is 0 Å². The Balaban J connectivity index is 2.58. The Labute approximate surface area is 106 Å². The maximum absolute atomic E-state index is 11.2. The van der Waals surface area contributed by atoms with Crippen molar-refractivity contribution in [1.29, 1.82) is 0 Å². The Hall–Kier alpha value is -2.89. The Kier molecular flexibility index (Phi) is 2.25. The van der Waals surface area contributed by atoms with Gasteiger partial charge in [-0.25, -0.2) is 4.79 Å². The first-order chi connectivity index (χ1) is 9.09. The van der Waals surface area contributed by atoms with Crippen LogP contribution in [0, 0.1) is 10.1 Å². The van der Waals surface area contributed by atoms with Crippen LogP contribution in [0.3, 0.4) is 0 Å². The number of non-ortho nitro benzene ring substituents is 1. The number of fused-ring (bicyclic) bond motifs is 3. The molecule has 94 valence electrons. The second kappa shape index (κ2) is 3.81. The highest BCUT2D eigenvalue weighted by molar-refractivity contribution is 6.17. The summed E-state index contributed by atoms with van der Waals surface area (Å²) >= 11 is 0. The number of para-hydroxylation sites is 1. The first-order valence-corrected chi connectivity index (χ1v) is 5.50. The molecular formula is C13H8N2O4. The predicted molar refractivity (Wildman–Crippen MR) is 69.4 cm³/mol. The van der Waals surface area contributed by atoms with Crippen LogP contribution in [0.4, 0.5) is 5.69 Å². The zero-order chi connectivity index (χ0) is 13.6. The minimum atomic E-state index is -1.12. The van der Waals surface area contributed by atoms with Crippen molar-refractivity contribution in [2.75, 3.05) is 0 Å². The van der Waals surface area contributed by atoms with Gasteiger partial charge in [0.25, 0.3) is 5.69 Å². The van der Waals surface area contributed by atoms with Gasteiger partial charge >= 0.3 is 5.97 Å². The molecule has 0 aliphatic rings. The van der Waals surface area contributed by atoms with Crippen LogP contribution in [-0.4, -0.2) is 21.0 Å². The van der Waals surface area contributed by atoms with Crippen molar-refractivity contribution in [3.8, 4) is 0 Å². The molecule has 0 fully saturated rings. The van der Waals surface area contributed by atoms with Crippen molar-refractivity contribution in [2.24, 2.45) is 0 Å². The van der Waals surface area contributed by atoms with Gasteiger partial charge < -0.3 is 10.1 Å². The number of carboxylic acid groups (broad SMARTS) is 1. The molecule has 3 aromatic rings. The summed E-state index contributed by atoms with van der Waals surface area (Å²) in [6.07, 6.45) is 0. The fourth-order valence-electron chi connectivity index (χ4n) is 2.27. The second-order valence-electron chi connectivity index (χ2n) is 4.12. The third-order valence-corrected chi connectivity index (χ3v) is 3.07. The van der Waals surface area contributed by atoms with Gasteiger partial charge in [-0.3, -0.25) is 10.1 Å². The molecule has 0 saturated heterocycles. The van der Waals surface area contributed by atoms with Crippen molar-refractivity contribution >= 4 is 33.5 Å². The molecule has 0 bridgehead atoms. The molecule has 2 aromatic carbocycles. The van der Waals surface area contributed by atoms with Crippen LogP contribution in [0.5, 0.6) is 0 Å². The highest BCUT2D eigenvalue weighted by Crippen LogP contribution is 2.34. The number of aromatic carboxylic acids is 1. The summed E-state index contributed by atoms with van der Waals surface area (Å²) in [5.41, 5.74) is 0.881. The molecule has 0 spiro atoms. The molecule has 6 nitrogen and oxygen atoms in total. The van der Waals surface area contributed by atoms with E-state index in [0.29, 0.717) is 16.3 Å². The number of hydrogen-bond donors (Lipinski definition) is 2. The number of carboxylic acids is 1. The van der Waals surface area contributed by atoms with Gasteiger partial charge in [-0.15, -0.1) is 0 Å². The minimum absolute atomic E-state index is 0.0248. The van der Waals surface area contributed by atoms with Gasteiger partial charge in [0, 0.05) is 17.0 Å². The molecule has 0 aliphatic carbocycles. The Morgan fingerprint density at radius 2 is 1.95 bits per heavy atom. The third kappa shape index (κ3) is 1.54. The molecule has 3 rings (SSSR count). The van der Waals surface area contributed by atoms with E-state index in [0.717, 1.165) is 0 Å². The summed E-state index contributed by atoms with van der Waals surface area (Å²) in [4.78, 5) is 24.7. The highest BCUT2D eigenvalue weighted by Gasteiger charge is 2.21. The predicted octanol–water partition coefficient (Wildman–Crippen LogP) is 2.93. The molecule has 0 radical (unpaired) electrons. The summed E-state index contributed by atoms with van der Waals surface area (Å²) in [6, 6.07) is 9.50. The van der Waals surface area contributed by atoms with Crippen LogP contribution in [0.1, 0.15) is 10.4 Å². The van der Waals surface area contributed by atoms with Crippen LogP contribution in [-0.2, 0) is 0 Å². The minimum Gasteiger partial charge on any atom is -0.478 e. The topological polar surface area (TPSA) is 96.2 Å². The summed E-state index contributed by atoms with van der Waals surface area (Å²) < 4.78 is 0. The van der Waals surface area contributed by atoms with Gasteiger partial charge in [-0.1, -0.05) is 18.2 Å². The summed E-state index contributed by atoms with van der Waals surface area (Å²) in [5.74, 6) is -1.12. The molecule has 0 atom stereocenters. The number of carbonyl (C=O) groups is 1. The van der Waals surface area contributed by atoms with Crippen LogP contribution < -0.4 is 0 Å². The quantitative estimate of drug-likeness (QED) is 0.544. The van der Waals surface area contributed by atoms with Crippen molar-refractivity contribution in [1.82, 2.24) is 4.98 Å². The number of nitro benzene ring substituents is 1. The maximum Gasteiger partial charge on any atom is 0.337 e. The fraction of sp³-hybridized carbons (Fsp3) is 0. The van der Waals surface area contributed by atoms with Crippen LogP contribution in [0.15, 0.2) is 36.4 Å². The molecule has 1 aromatic heterocycles. The van der Waals surface area contributed by atoms with E-state index in [2.05, 4.69) is 4.98 Å². The monoisotopic (exact) mass is 256 g/mol. The normalized spacial score (nSPS) is 10.9. The number of benzene rings is 2. The number of rotatable bonds is 2. The SMILES string of the molecule is O=C(O)c1ccc([N+](=O)[O-])c2c1[nH]c1ccccc12. The Morgan fingerprint density at radius 1 is 1.21 bits per heavy atom. The zero-order valence-corrected chi connectivity index (χ0v) is 9.58. The van der Waals surface area contributed by atoms with Crippen molar-refractivity contribution in [3.05, 3.63) is 52.1 Å². The summed E-state index contributed by atoms with van der Waals surface area (Å²) in [7, 11) is 0. The van der Waals surface area contributed by atoms with Crippen LogP contribution in [0.2, 0.25) is 0 Å². The average Bonchev–Trinajstić information content (AvgIpc) is 2.76. The molecular weight excluding hydrogens is 248 g/mol. The third-order valence-electron chi connectivity index (χ3n) is 3.07. The zero-order valence-electron chi connectivity index (χ0n) is 9.58. The molecule has 0 amide bonds. The van der Waals surface area contributed by atoms with Crippen molar-refractivity contribution in [3.63, 3.8) is 0 Å². The van der Waals surface area contributed by atoms with Crippen molar-refractivity contribution < 1.29 is 14.8 Å². The number of hydrogen-bond acceptors (Lipinski definition) is 3. The van der Waals surface area contributed by atoms with E-state index in [1.54, 1.807) is 24.3 Å². The van der Waals surface area contributed by atoms with Gasteiger partial charge in [-0.2, -0.15) is 0 Å². The number of nitro groups is 1. The standard InChI is InChI=1S/C13H8N2O4/c16-13(17)8-5-6-10(15(18)19)11-7-3-1-2-4-9(7)14-12(8)11/h1-6,14H,(H,16,17). The average molecular weight is 256 g/mol. The molecule has 0 aliphatic heterocycles. The number of aromatic amines is 1. The van der Waals surface area contributed by atoms with Gasteiger partial charge in [-0.05, 0) is 12.1 Å². The lowest BCUT2D eigenvalue weighted by Gasteiger charge is -1.99. The lowest BCUT2D eigenvalue weighted by molar-refractivity contribution is -0.383. The van der Waals surface area contributed by atoms with E-state index in [1.165, 1.54) is 12.1 Å². The lowest BCUT2D eigenvalue weighted by atomic mass is 10.1. The fourth-order valence-corrected chi connectivity index (χ4v) is 2.27. The van der Waals surface area contributed by atoms with E-state index in [4.69, 9.17) is 5.11 Å². The van der Waals surface area contributed by atoms with Gasteiger partial charge in [0.15, 0.2) is 0 Å². The van der Waals surface area contributed by atoms with Gasteiger partial charge in [0.05, 0.1) is 21.4 Å². The van der Waals surface area contributed by atoms with E-state index in [9.17, 15) is 14.9 Å². The van der Waals surface area contributed by atoms with E-state index in [1.807, 2.05) is 0 Å². The van der Waals surface area contributed by atoms with E-state index >= 15 is 0 Å². The molecule has 0 saturated carbocycles. The first-order valence-electron chi connectivity index (χ1n) is 5.50. The maximum atomic E-state index is 11.2. The number of nitrogens with zero attached hydrogens (tertiary/aromatic N) is 1. The van der Waals surface area contributed by atoms with Gasteiger partial charge in [0.1, 0.15) is 0 Å². The van der Waals surface area contributed by atoms with Crippen molar-refractivity contribution in [2.45, 2.75) is 0 Å². The Bertz CT molecular complexity index is 835. The number of nitrogens with one attached hydrogen (secondary N) is 1. The highest BCUT2D eigenvalue weighted by atomic mass is 16.6. The molecule has 1 heterocycles. The van der Waals surface area contributed by atoms with E-state index < -0.39 is 10.9 Å². The molecule has 2 N–H and O–H groups in total. The number of aromatic nitrogens is 1. The van der Waals surface area contributed by atoms with Crippen LogP contribution >= 0.6 is 0 Å². The molecule has 0 unspecified atom stereocenters. The smallest absolute Gasteiger partial charge is 0.337 e. The first kappa shape index (κ1) is 11.2. The second-order valence-corrected chi connectivity index (χ2v) is 4.12. The lowest BCUT2D eigenvalue weighted by Crippen LogP contribution is -1.99. The molecule has 6 heteroatoms. The largest absolute Gasteiger partial charge is 0.478 e. The summed E-state index contributed by atoms with van der Waals surface area (Å²) in [5, 5.41) is 21.2.